The second-order valence-corrected chi connectivity index (χ2v) is 11.8. The predicted molar refractivity (Wildman–Crippen MR) is 152 cm³/mol. The van der Waals surface area contributed by atoms with Gasteiger partial charge >= 0.3 is 0 Å². The second kappa shape index (κ2) is 11.2. The van der Waals surface area contributed by atoms with Crippen LogP contribution in [-0.2, 0) is 11.2 Å². The van der Waals surface area contributed by atoms with Crippen molar-refractivity contribution >= 4 is 45.9 Å². The highest BCUT2D eigenvalue weighted by Crippen LogP contribution is 2.33. The largest absolute Gasteiger partial charge is 0.338 e. The molecule has 38 heavy (non-hydrogen) atoms. The molecule has 1 N–H and O–H groups in total. The van der Waals surface area contributed by atoms with Crippen molar-refractivity contribution in [2.45, 2.75) is 29.3 Å². The van der Waals surface area contributed by atoms with Gasteiger partial charge in [0.15, 0.2) is 10.3 Å². The summed E-state index contributed by atoms with van der Waals surface area (Å²) in [5, 5.41) is 4.67. The molecule has 3 heterocycles. The first-order valence-corrected chi connectivity index (χ1v) is 14.5. The maximum atomic E-state index is 12.2. The number of likely N-dealkylation sites (N-methyl/N-ethyl adjacent to an activating group) is 1. The van der Waals surface area contributed by atoms with Crippen LogP contribution in [0.15, 0.2) is 70.8 Å². The molecule has 2 aliphatic rings. The molecule has 2 aromatic carbocycles. The predicted octanol–water partition coefficient (Wildman–Crippen LogP) is 5.16. The van der Waals surface area contributed by atoms with E-state index in [4.69, 9.17) is 15.0 Å². The SMILES string of the molecule is CN1CCN(c2nc(Nc3ncc(-c4ccccc4)s3)nc(Sc3ccc(CC(=O)C4CC4)cc3)n2)CC1. The molecular weight excluding hydrogens is 514 g/mol. The van der Waals surface area contributed by atoms with E-state index in [2.05, 4.69) is 39.3 Å². The van der Waals surface area contributed by atoms with Crippen LogP contribution in [0.25, 0.3) is 10.4 Å². The van der Waals surface area contributed by atoms with E-state index in [0.29, 0.717) is 29.3 Å². The van der Waals surface area contributed by atoms with Gasteiger partial charge in [0.05, 0.1) is 4.88 Å². The average Bonchev–Trinajstić information content (AvgIpc) is 3.69. The van der Waals surface area contributed by atoms with Crippen LogP contribution in [0.4, 0.5) is 17.0 Å². The number of thiazole rings is 1. The number of rotatable bonds is 9. The fourth-order valence-electron chi connectivity index (χ4n) is 4.29. The van der Waals surface area contributed by atoms with Gasteiger partial charge in [-0.3, -0.25) is 10.1 Å². The van der Waals surface area contributed by atoms with Crippen LogP contribution in [0.2, 0.25) is 0 Å². The van der Waals surface area contributed by atoms with E-state index in [1.54, 1.807) is 11.3 Å². The molecule has 0 atom stereocenters. The highest BCUT2D eigenvalue weighted by Gasteiger charge is 2.29. The summed E-state index contributed by atoms with van der Waals surface area (Å²) >= 11 is 3.07. The summed E-state index contributed by atoms with van der Waals surface area (Å²) in [5.74, 6) is 1.80. The van der Waals surface area contributed by atoms with Crippen molar-refractivity contribution in [3.8, 4) is 10.4 Å². The molecule has 2 aromatic heterocycles. The third-order valence-corrected chi connectivity index (χ3v) is 8.55. The van der Waals surface area contributed by atoms with E-state index in [9.17, 15) is 4.79 Å². The summed E-state index contributed by atoms with van der Waals surface area (Å²) in [4.78, 5) is 37.6. The van der Waals surface area contributed by atoms with Gasteiger partial charge in [-0.05, 0) is 54.9 Å². The van der Waals surface area contributed by atoms with Crippen LogP contribution < -0.4 is 10.2 Å². The number of Topliss-reactive ketones (excluding diaryl/α,β-unsaturated/α-hetero) is 1. The van der Waals surface area contributed by atoms with E-state index in [-0.39, 0.29) is 5.92 Å². The van der Waals surface area contributed by atoms with Crippen molar-refractivity contribution in [2.75, 3.05) is 43.4 Å². The number of nitrogens with one attached hydrogen (secondary N) is 1. The van der Waals surface area contributed by atoms with Crippen molar-refractivity contribution < 1.29 is 4.79 Å². The average molecular weight is 544 g/mol. The lowest BCUT2D eigenvalue weighted by Crippen LogP contribution is -2.45. The fraction of sp³-hybridized carbons (Fsp3) is 0.321. The van der Waals surface area contributed by atoms with Gasteiger partial charge in [-0.1, -0.05) is 53.8 Å². The Morgan fingerprint density at radius 3 is 2.50 bits per heavy atom. The number of hydrogen-bond acceptors (Lipinski definition) is 10. The van der Waals surface area contributed by atoms with Crippen molar-refractivity contribution in [3.63, 3.8) is 0 Å². The van der Waals surface area contributed by atoms with E-state index in [0.717, 1.165) is 65.1 Å². The molecule has 0 radical (unpaired) electrons. The lowest BCUT2D eigenvalue weighted by Gasteiger charge is -2.32. The first-order valence-electron chi connectivity index (χ1n) is 12.9. The summed E-state index contributed by atoms with van der Waals surface area (Å²) in [6.45, 7) is 3.65. The number of ketones is 1. The number of nitrogens with zero attached hydrogens (tertiary/aromatic N) is 6. The summed E-state index contributed by atoms with van der Waals surface area (Å²) in [6, 6.07) is 18.4. The van der Waals surface area contributed by atoms with Crippen molar-refractivity contribution in [1.29, 1.82) is 0 Å². The molecule has 8 nitrogen and oxygen atoms in total. The van der Waals surface area contributed by atoms with E-state index in [1.807, 2.05) is 48.7 Å². The maximum absolute atomic E-state index is 12.2. The van der Waals surface area contributed by atoms with Crippen molar-refractivity contribution in [1.82, 2.24) is 24.8 Å². The minimum atomic E-state index is 0.287. The number of aromatic nitrogens is 4. The van der Waals surface area contributed by atoms with Crippen molar-refractivity contribution in [2.24, 2.45) is 5.92 Å². The van der Waals surface area contributed by atoms with Crippen LogP contribution in [-0.4, -0.2) is 63.8 Å². The number of anilines is 3. The molecule has 1 saturated heterocycles. The van der Waals surface area contributed by atoms with E-state index in [1.165, 1.54) is 11.8 Å². The number of piperazine rings is 1. The molecule has 0 bridgehead atoms. The van der Waals surface area contributed by atoms with Gasteiger partial charge < -0.3 is 9.80 Å². The molecule has 0 spiro atoms. The molecular formula is C28H29N7OS2. The lowest BCUT2D eigenvalue weighted by atomic mass is 10.1. The molecule has 2 fully saturated rings. The quantitative estimate of drug-likeness (QED) is 0.307. The Bertz CT molecular complexity index is 1400. The molecule has 6 rings (SSSR count). The topological polar surface area (TPSA) is 87.1 Å². The highest BCUT2D eigenvalue weighted by molar-refractivity contribution is 7.99. The summed E-state index contributed by atoms with van der Waals surface area (Å²) in [5.41, 5.74) is 2.19. The maximum Gasteiger partial charge on any atom is 0.234 e. The molecule has 194 valence electrons. The first kappa shape index (κ1) is 25.0. The zero-order valence-corrected chi connectivity index (χ0v) is 22.8. The van der Waals surface area contributed by atoms with Crippen LogP contribution in [0.3, 0.4) is 0 Å². The molecule has 0 amide bonds. The van der Waals surface area contributed by atoms with E-state index < -0.39 is 0 Å². The Morgan fingerprint density at radius 1 is 1.00 bits per heavy atom. The van der Waals surface area contributed by atoms with Gasteiger partial charge in [-0.2, -0.15) is 15.0 Å². The minimum Gasteiger partial charge on any atom is -0.338 e. The van der Waals surface area contributed by atoms with Gasteiger partial charge in [0.1, 0.15) is 5.78 Å². The highest BCUT2D eigenvalue weighted by atomic mass is 32.2. The normalized spacial score (nSPS) is 16.0. The Balaban J connectivity index is 1.22. The molecule has 4 aromatic rings. The Hall–Kier alpha value is -3.34. The van der Waals surface area contributed by atoms with Gasteiger partial charge in [-0.25, -0.2) is 4.98 Å². The molecule has 0 unspecified atom stereocenters. The summed E-state index contributed by atoms with van der Waals surface area (Å²) in [6.07, 6.45) is 4.48. The fourth-order valence-corrected chi connectivity index (χ4v) is 5.85. The zero-order chi connectivity index (χ0) is 25.9. The van der Waals surface area contributed by atoms with Crippen LogP contribution in [0.1, 0.15) is 18.4 Å². The van der Waals surface area contributed by atoms with Gasteiger partial charge in [-0.15, -0.1) is 0 Å². The van der Waals surface area contributed by atoms with Gasteiger partial charge in [0.25, 0.3) is 0 Å². The number of hydrogen-bond donors (Lipinski definition) is 1. The molecule has 1 aliphatic heterocycles. The second-order valence-electron chi connectivity index (χ2n) is 9.72. The van der Waals surface area contributed by atoms with Crippen LogP contribution in [0.5, 0.6) is 0 Å². The number of benzene rings is 2. The Kier molecular flexibility index (Phi) is 7.35. The third kappa shape index (κ3) is 6.20. The summed E-state index contributed by atoms with van der Waals surface area (Å²) in [7, 11) is 2.13. The van der Waals surface area contributed by atoms with Gasteiger partial charge in [0, 0.05) is 49.6 Å². The van der Waals surface area contributed by atoms with Crippen LogP contribution in [0, 0.1) is 5.92 Å². The first-order chi connectivity index (χ1) is 18.6. The third-order valence-electron chi connectivity index (χ3n) is 6.72. The Morgan fingerprint density at radius 2 is 1.76 bits per heavy atom. The zero-order valence-electron chi connectivity index (χ0n) is 21.2. The smallest absolute Gasteiger partial charge is 0.234 e. The number of carbonyl (C=O) groups excluding carboxylic acids is 1. The van der Waals surface area contributed by atoms with E-state index >= 15 is 0 Å². The standard InChI is InChI=1S/C28H29N7OS2/c1-34-13-15-35(16-14-34)26-30-25(31-27-29-18-24(38-27)21-5-3-2-4-6-21)32-28(33-26)37-22-11-7-19(8-12-22)17-23(36)20-9-10-20/h2-8,11-12,18,20H,9-10,13-17H2,1H3,(H,29,30,31,32,33). The minimum absolute atomic E-state index is 0.287. The molecule has 10 heteroatoms. The van der Waals surface area contributed by atoms with Crippen molar-refractivity contribution in [3.05, 3.63) is 66.4 Å². The molecule has 1 saturated carbocycles. The number of carbonyl (C=O) groups is 1. The Labute approximate surface area is 230 Å². The van der Waals surface area contributed by atoms with Crippen LogP contribution >= 0.6 is 23.1 Å². The summed E-state index contributed by atoms with van der Waals surface area (Å²) < 4.78 is 0. The monoisotopic (exact) mass is 543 g/mol. The lowest BCUT2D eigenvalue weighted by molar-refractivity contribution is -0.119. The van der Waals surface area contributed by atoms with Gasteiger partial charge in [0.2, 0.25) is 11.9 Å². The molecule has 1 aliphatic carbocycles.